The fourth-order valence-corrected chi connectivity index (χ4v) is 1.67. The molecule has 18 heavy (non-hydrogen) atoms. The van der Waals surface area contributed by atoms with Crippen molar-refractivity contribution < 1.29 is 9.59 Å². The molecule has 0 spiro atoms. The molecule has 92 valence electrons. The van der Waals surface area contributed by atoms with E-state index in [1.165, 1.54) is 13.0 Å². The Balaban J connectivity index is 2.99. The Morgan fingerprint density at radius 2 is 1.94 bits per heavy atom. The zero-order valence-electron chi connectivity index (χ0n) is 10.5. The molecule has 0 heterocycles. The molecule has 1 aromatic rings. The number of carbonyl (C=O) groups excluding carboxylic acids is 2. The van der Waals surface area contributed by atoms with Crippen molar-refractivity contribution in [1.29, 1.82) is 5.26 Å². The first-order valence-corrected chi connectivity index (χ1v) is 5.70. The van der Waals surface area contributed by atoms with Gasteiger partial charge in [-0.1, -0.05) is 36.4 Å². The number of allylic oxidation sites excluding steroid dienone is 2. The molecule has 0 saturated carbocycles. The lowest BCUT2D eigenvalue weighted by Gasteiger charge is -2.18. The van der Waals surface area contributed by atoms with E-state index in [4.69, 9.17) is 0 Å². The lowest BCUT2D eigenvalue weighted by atomic mass is 9.79. The maximum absolute atomic E-state index is 12.2. The van der Waals surface area contributed by atoms with E-state index in [1.807, 2.05) is 6.07 Å². The van der Waals surface area contributed by atoms with E-state index >= 15 is 0 Å². The minimum atomic E-state index is -1.31. The summed E-state index contributed by atoms with van der Waals surface area (Å²) in [5, 5.41) is 9.19. The Labute approximate surface area is 107 Å². The van der Waals surface area contributed by atoms with Crippen LogP contribution in [0.1, 0.15) is 30.6 Å². The van der Waals surface area contributed by atoms with Gasteiger partial charge in [0, 0.05) is 12.0 Å². The number of nitrogens with zero attached hydrogens (tertiary/aromatic N) is 1. The fourth-order valence-electron chi connectivity index (χ4n) is 1.67. The van der Waals surface area contributed by atoms with Crippen molar-refractivity contribution in [3.63, 3.8) is 0 Å². The summed E-state index contributed by atoms with van der Waals surface area (Å²) in [6.45, 7) is 3.23. The minimum Gasteiger partial charge on any atom is -0.295 e. The highest BCUT2D eigenvalue weighted by Gasteiger charge is 2.35. The third-order valence-electron chi connectivity index (χ3n) is 2.66. The number of rotatable bonds is 5. The quantitative estimate of drug-likeness (QED) is 0.588. The Kier molecular flexibility index (Phi) is 4.56. The highest BCUT2D eigenvalue weighted by Crippen LogP contribution is 2.26. The van der Waals surface area contributed by atoms with Crippen molar-refractivity contribution in [2.75, 3.05) is 0 Å². The number of nitriles is 1. The van der Waals surface area contributed by atoms with Crippen molar-refractivity contribution in [2.45, 2.75) is 20.3 Å². The van der Waals surface area contributed by atoms with Crippen molar-refractivity contribution >= 4 is 11.6 Å². The van der Waals surface area contributed by atoms with Gasteiger partial charge in [0.25, 0.3) is 0 Å². The zero-order chi connectivity index (χ0) is 13.6. The summed E-state index contributed by atoms with van der Waals surface area (Å²) in [6.07, 6.45) is 2.89. The van der Waals surface area contributed by atoms with Crippen molar-refractivity contribution in [2.24, 2.45) is 5.41 Å². The highest BCUT2D eigenvalue weighted by molar-refractivity contribution is 6.05. The second kappa shape index (κ2) is 5.92. The summed E-state index contributed by atoms with van der Waals surface area (Å²) in [6, 6.07) is 10.5. The van der Waals surface area contributed by atoms with Gasteiger partial charge in [0.15, 0.2) is 11.6 Å². The molecule has 1 aromatic carbocycles. The summed E-state index contributed by atoms with van der Waals surface area (Å²) < 4.78 is 0. The molecule has 0 bridgehead atoms. The van der Waals surface area contributed by atoms with E-state index < -0.39 is 5.41 Å². The number of ketones is 2. The molecule has 0 radical (unpaired) electrons. The molecule has 1 atom stereocenters. The Morgan fingerprint density at radius 1 is 1.33 bits per heavy atom. The van der Waals surface area contributed by atoms with Gasteiger partial charge in [0.1, 0.15) is 5.41 Å². The normalized spacial score (nSPS) is 13.8. The third-order valence-corrected chi connectivity index (χ3v) is 2.66. The first kappa shape index (κ1) is 13.9. The lowest BCUT2D eigenvalue weighted by Crippen LogP contribution is -2.28. The molecule has 0 amide bonds. The van der Waals surface area contributed by atoms with Gasteiger partial charge < -0.3 is 0 Å². The second-order valence-corrected chi connectivity index (χ2v) is 4.28. The number of carbonyl (C=O) groups is 2. The van der Waals surface area contributed by atoms with Gasteiger partial charge in [-0.15, -0.1) is 0 Å². The molecule has 0 fully saturated rings. The molecule has 0 aromatic heterocycles. The zero-order valence-corrected chi connectivity index (χ0v) is 10.5. The summed E-state index contributed by atoms with van der Waals surface area (Å²) >= 11 is 0. The summed E-state index contributed by atoms with van der Waals surface area (Å²) in [7, 11) is 0. The number of hydrogen-bond acceptors (Lipinski definition) is 3. The van der Waals surface area contributed by atoms with Crippen LogP contribution in [-0.4, -0.2) is 11.6 Å². The Bertz CT molecular complexity index is 511. The summed E-state index contributed by atoms with van der Waals surface area (Å²) in [5.74, 6) is -0.533. The van der Waals surface area contributed by atoms with Crippen LogP contribution in [0.4, 0.5) is 0 Å². The largest absolute Gasteiger partial charge is 0.295 e. The van der Waals surface area contributed by atoms with Crippen LogP contribution in [0.5, 0.6) is 0 Å². The van der Waals surface area contributed by atoms with E-state index in [1.54, 1.807) is 43.3 Å². The van der Waals surface area contributed by atoms with E-state index in [-0.39, 0.29) is 18.0 Å². The van der Waals surface area contributed by atoms with Gasteiger partial charge in [-0.3, -0.25) is 9.59 Å². The second-order valence-electron chi connectivity index (χ2n) is 4.28. The molecule has 3 nitrogen and oxygen atoms in total. The number of hydrogen-bond donors (Lipinski definition) is 0. The van der Waals surface area contributed by atoms with Gasteiger partial charge in [-0.2, -0.15) is 5.26 Å². The molecule has 1 unspecified atom stereocenters. The van der Waals surface area contributed by atoms with E-state index in [0.29, 0.717) is 5.56 Å². The molecular weight excluding hydrogens is 226 g/mol. The SMILES string of the molecule is C/C=C/C(=O)CC(C)(C#N)C(=O)c1ccccc1. The first-order chi connectivity index (χ1) is 8.53. The fraction of sp³-hybridized carbons (Fsp3) is 0.267. The smallest absolute Gasteiger partial charge is 0.183 e. The van der Waals surface area contributed by atoms with Crippen LogP contribution >= 0.6 is 0 Å². The molecule has 3 heteroatoms. The molecule has 0 aliphatic heterocycles. The van der Waals surface area contributed by atoms with Gasteiger partial charge in [0.05, 0.1) is 6.07 Å². The Morgan fingerprint density at radius 3 is 2.44 bits per heavy atom. The third kappa shape index (κ3) is 3.14. The van der Waals surface area contributed by atoms with Gasteiger partial charge in [0.2, 0.25) is 0 Å². The predicted octanol–water partition coefficient (Wildman–Crippen LogP) is 2.93. The maximum Gasteiger partial charge on any atom is 0.183 e. The van der Waals surface area contributed by atoms with Gasteiger partial charge in [-0.25, -0.2) is 0 Å². The first-order valence-electron chi connectivity index (χ1n) is 5.70. The van der Waals surface area contributed by atoms with Crippen molar-refractivity contribution in [3.8, 4) is 6.07 Å². The topological polar surface area (TPSA) is 57.9 Å². The number of Topliss-reactive ketones (excluding diaryl/α,β-unsaturated/α-hetero) is 1. The average molecular weight is 241 g/mol. The minimum absolute atomic E-state index is 0.0957. The van der Waals surface area contributed by atoms with Crippen molar-refractivity contribution in [1.82, 2.24) is 0 Å². The van der Waals surface area contributed by atoms with E-state index in [0.717, 1.165) is 0 Å². The van der Waals surface area contributed by atoms with Crippen LogP contribution in [0.2, 0.25) is 0 Å². The standard InChI is InChI=1S/C15H15NO2/c1-3-7-13(17)10-15(2,11-16)14(18)12-8-5-4-6-9-12/h3-9H,10H2,1-2H3/b7-3+. The molecule has 0 aliphatic rings. The molecule has 0 N–H and O–H groups in total. The van der Waals surface area contributed by atoms with Crippen LogP contribution < -0.4 is 0 Å². The summed E-state index contributed by atoms with van der Waals surface area (Å²) in [5.41, 5.74) is -0.854. The molecular formula is C15H15NO2. The van der Waals surface area contributed by atoms with Gasteiger partial charge in [-0.05, 0) is 19.9 Å². The van der Waals surface area contributed by atoms with Crippen LogP contribution in [0.3, 0.4) is 0 Å². The monoisotopic (exact) mass is 241 g/mol. The van der Waals surface area contributed by atoms with Gasteiger partial charge >= 0.3 is 0 Å². The molecule has 0 saturated heterocycles. The van der Waals surface area contributed by atoms with Crippen LogP contribution in [-0.2, 0) is 4.79 Å². The van der Waals surface area contributed by atoms with Crippen molar-refractivity contribution in [3.05, 3.63) is 48.0 Å². The average Bonchev–Trinajstić information content (AvgIpc) is 2.39. The van der Waals surface area contributed by atoms with Crippen LogP contribution in [0.15, 0.2) is 42.5 Å². The Hall–Kier alpha value is -2.21. The molecule has 0 aliphatic carbocycles. The van der Waals surface area contributed by atoms with Crippen LogP contribution in [0, 0.1) is 16.7 Å². The summed E-state index contributed by atoms with van der Waals surface area (Å²) in [4.78, 5) is 23.8. The van der Waals surface area contributed by atoms with E-state index in [2.05, 4.69) is 0 Å². The molecule has 1 rings (SSSR count). The maximum atomic E-state index is 12.2. The lowest BCUT2D eigenvalue weighted by molar-refractivity contribution is -0.115. The predicted molar refractivity (Wildman–Crippen MR) is 68.9 cm³/mol. The van der Waals surface area contributed by atoms with Crippen LogP contribution in [0.25, 0.3) is 0 Å². The number of benzene rings is 1. The highest BCUT2D eigenvalue weighted by atomic mass is 16.1. The van der Waals surface area contributed by atoms with E-state index in [9.17, 15) is 14.9 Å².